The normalized spacial score (nSPS) is 10.5. The summed E-state index contributed by atoms with van der Waals surface area (Å²) in [5.41, 5.74) is 4.04. The standard InChI is InChI=1S/2C19H18N5O4S.C10H8.C6H6.4C2H6.2Y/c2*1-11-8-14(5-7-16(11)23-21-3)22-24-18-17(29(26,27)28)10-12-9-13(20-2)4-6-15(12)19(18)25;1-2-6-10-8-4-3-7-9(10)5-1;1-2-4-6-5-3-1;4*1-2;;/h2*4,6-10,20,25H,1-3H3,(H,26,27,28);1-8H;1-6H;4*1-2H3;;/q2*-1;;;;;;;;. The minimum Gasteiger partial charge on any atom is -0.505 e. The number of hydrogen-bond donors (Lipinski definition) is 6. The van der Waals surface area contributed by atoms with E-state index in [1.54, 1.807) is 103 Å². The van der Waals surface area contributed by atoms with Crippen LogP contribution in [0.1, 0.15) is 66.5 Å². The summed E-state index contributed by atoms with van der Waals surface area (Å²) in [6.07, 6.45) is 0. The van der Waals surface area contributed by atoms with E-state index in [1.807, 2.05) is 91.8 Å². The smallest absolute Gasteiger partial charge is 0.296 e. The van der Waals surface area contributed by atoms with Crippen LogP contribution in [-0.4, -0.2) is 64.3 Å². The van der Waals surface area contributed by atoms with E-state index in [4.69, 9.17) is 0 Å². The molecule has 0 atom stereocenters. The SMILES string of the molecule is CC.CC.CC.CC.CN=Nc1c[c-]c(N=Nc2c(S(=O)(=O)O)cc3cc(NC)ccc3c2O)cc1C.CN=Nc1c[c-]c(N=Nc2c(S(=O)(=O)O)cc3cc(NC)ccc3c2O)cc1C.[Y].[Y].c1ccc2ccccc2c1.c1ccccc1. The summed E-state index contributed by atoms with van der Waals surface area (Å²) in [5.74, 6) is -0.815. The van der Waals surface area contributed by atoms with Gasteiger partial charge >= 0.3 is 0 Å². The van der Waals surface area contributed by atoms with E-state index < -0.39 is 41.5 Å². The quantitative estimate of drug-likeness (QED) is 0.0428. The molecule has 9 aromatic rings. The summed E-state index contributed by atoms with van der Waals surface area (Å²) < 4.78 is 66.8. The zero-order valence-electron chi connectivity index (χ0n) is 50.0. The molecule has 0 amide bonds. The van der Waals surface area contributed by atoms with Crippen LogP contribution in [0.15, 0.2) is 208 Å². The number of azo groups is 4. The molecular weight excluding hydrogens is 1250 g/mol. The van der Waals surface area contributed by atoms with Crippen molar-refractivity contribution in [2.45, 2.75) is 79.0 Å². The van der Waals surface area contributed by atoms with Crippen LogP contribution in [0.5, 0.6) is 11.5 Å². The number of phenolic OH excluding ortho intramolecular Hbond substituents is 2. The van der Waals surface area contributed by atoms with Crippen LogP contribution < -0.4 is 10.6 Å². The fraction of sp³-hybridized carbons (Fsp3) is 0.226. The van der Waals surface area contributed by atoms with Gasteiger partial charge in [0.15, 0.2) is 11.5 Å². The number of aromatic hydroxyl groups is 2. The minimum absolute atomic E-state index is 0. The molecule has 9 rings (SSSR count). The Labute approximate surface area is 545 Å². The Balaban J connectivity index is 0.00000116. The van der Waals surface area contributed by atoms with Gasteiger partial charge < -0.3 is 20.8 Å². The second-order valence-electron chi connectivity index (χ2n) is 15.7. The Morgan fingerprint density at radius 2 is 0.726 bits per heavy atom. The first-order valence-corrected chi connectivity index (χ1v) is 29.1. The van der Waals surface area contributed by atoms with Crippen molar-refractivity contribution >= 4 is 98.1 Å². The van der Waals surface area contributed by atoms with E-state index in [-0.39, 0.29) is 76.8 Å². The van der Waals surface area contributed by atoms with Crippen LogP contribution in [0, 0.1) is 26.0 Å². The second kappa shape index (κ2) is 40.6. The molecule has 0 aliphatic carbocycles. The maximum atomic E-state index is 11.9. The molecule has 0 saturated heterocycles. The number of phenols is 2. The number of hydrogen-bond acceptors (Lipinski definition) is 16. The van der Waals surface area contributed by atoms with Crippen LogP contribution in [0.3, 0.4) is 0 Å². The molecule has 0 unspecified atom stereocenters. The number of anilines is 2. The average Bonchev–Trinajstić information content (AvgIpc) is 2.12. The van der Waals surface area contributed by atoms with Gasteiger partial charge in [0.1, 0.15) is 21.2 Å². The van der Waals surface area contributed by atoms with Gasteiger partial charge in [-0.15, -0.1) is 45.6 Å². The molecule has 0 bridgehead atoms. The predicted molar refractivity (Wildman–Crippen MR) is 335 cm³/mol. The number of nitrogens with one attached hydrogen (secondary N) is 2. The van der Waals surface area contributed by atoms with Gasteiger partial charge in [-0.3, -0.25) is 9.11 Å². The molecular formula is C62H74N10O8S2Y2-2. The van der Waals surface area contributed by atoms with E-state index in [9.17, 15) is 36.2 Å². The van der Waals surface area contributed by atoms with Gasteiger partial charge in [0.25, 0.3) is 20.2 Å². The Kier molecular flexibility index (Phi) is 37.4. The second-order valence-corrected chi connectivity index (χ2v) is 18.5. The third-order valence-electron chi connectivity index (χ3n) is 10.7. The number of rotatable bonds is 10. The van der Waals surface area contributed by atoms with E-state index in [1.165, 1.54) is 22.9 Å². The monoisotopic (exact) mass is 1330 g/mol. The minimum atomic E-state index is -4.67. The van der Waals surface area contributed by atoms with Gasteiger partial charge in [-0.25, -0.2) is 20.5 Å². The zero-order valence-corrected chi connectivity index (χ0v) is 57.3. The van der Waals surface area contributed by atoms with Crippen LogP contribution >= 0.6 is 0 Å². The Bertz CT molecular complexity index is 3530. The average molecular weight is 1330 g/mol. The van der Waals surface area contributed by atoms with Gasteiger partial charge in [-0.05, 0) is 92.8 Å². The summed E-state index contributed by atoms with van der Waals surface area (Å²) >= 11 is 0. The van der Waals surface area contributed by atoms with Crippen LogP contribution in [0.4, 0.5) is 45.5 Å². The predicted octanol–water partition coefficient (Wildman–Crippen LogP) is 18.8. The van der Waals surface area contributed by atoms with E-state index in [2.05, 4.69) is 112 Å². The molecule has 0 aliphatic rings. The molecule has 0 fully saturated rings. The first kappa shape index (κ1) is 77.4. The molecule has 0 saturated carbocycles. The van der Waals surface area contributed by atoms with Crippen molar-refractivity contribution in [2.24, 2.45) is 40.9 Å². The van der Waals surface area contributed by atoms with Crippen molar-refractivity contribution in [3.8, 4) is 11.5 Å². The van der Waals surface area contributed by atoms with Crippen molar-refractivity contribution < 1.29 is 102 Å². The fourth-order valence-electron chi connectivity index (χ4n) is 7.03. The molecule has 9 aromatic carbocycles. The maximum absolute atomic E-state index is 11.9. The fourth-order valence-corrected chi connectivity index (χ4v) is 8.34. The molecule has 0 aromatic heterocycles. The van der Waals surface area contributed by atoms with Gasteiger partial charge in [0, 0.05) is 116 Å². The molecule has 0 spiro atoms. The van der Waals surface area contributed by atoms with E-state index >= 15 is 0 Å². The molecule has 440 valence electrons. The van der Waals surface area contributed by atoms with Crippen molar-refractivity contribution in [2.75, 3.05) is 38.8 Å². The summed E-state index contributed by atoms with van der Waals surface area (Å²) in [7, 11) is -2.82. The number of aryl methyl sites for hydroxylation is 2. The van der Waals surface area contributed by atoms with Crippen molar-refractivity contribution in [1.82, 2.24) is 0 Å². The van der Waals surface area contributed by atoms with Crippen molar-refractivity contribution in [1.29, 1.82) is 0 Å². The summed E-state index contributed by atoms with van der Waals surface area (Å²) in [4.78, 5) is -1.10. The van der Waals surface area contributed by atoms with Gasteiger partial charge in [0.05, 0.1) is 0 Å². The van der Waals surface area contributed by atoms with Crippen LogP contribution in [0.25, 0.3) is 32.3 Å². The molecule has 0 heterocycles. The third-order valence-corrected chi connectivity index (χ3v) is 12.5. The number of nitrogens with zero attached hydrogens (tertiary/aromatic N) is 8. The zero-order chi connectivity index (χ0) is 61.4. The topological polar surface area (TPSA) is 272 Å². The van der Waals surface area contributed by atoms with Gasteiger partial charge in [-0.1, -0.05) is 154 Å². The first-order chi connectivity index (χ1) is 39.4. The molecule has 2 radical (unpaired) electrons. The van der Waals surface area contributed by atoms with Crippen LogP contribution in [-0.2, 0) is 85.7 Å². The Morgan fingerprint density at radius 3 is 0.988 bits per heavy atom. The van der Waals surface area contributed by atoms with Gasteiger partial charge in [0.2, 0.25) is 0 Å². The van der Waals surface area contributed by atoms with E-state index in [0.29, 0.717) is 55.7 Å². The summed E-state index contributed by atoms with van der Waals surface area (Å²) in [5, 5.41) is 62.2. The summed E-state index contributed by atoms with van der Waals surface area (Å²) in [6.45, 7) is 19.6. The maximum Gasteiger partial charge on any atom is 0.296 e. The van der Waals surface area contributed by atoms with Crippen molar-refractivity contribution in [3.63, 3.8) is 0 Å². The molecule has 22 heteroatoms. The third kappa shape index (κ3) is 23.4. The largest absolute Gasteiger partial charge is 0.505 e. The summed E-state index contributed by atoms with van der Waals surface area (Å²) in [6, 6.07) is 53.2. The number of fused-ring (bicyclic) bond motifs is 3. The van der Waals surface area contributed by atoms with Crippen molar-refractivity contribution in [3.05, 3.63) is 181 Å². The molecule has 6 N–H and O–H groups in total. The molecule has 84 heavy (non-hydrogen) atoms. The van der Waals surface area contributed by atoms with E-state index in [0.717, 1.165) is 11.1 Å². The molecule has 0 aliphatic heterocycles. The molecule has 18 nitrogen and oxygen atoms in total. The Hall–Kier alpha value is -6.61. The van der Waals surface area contributed by atoms with Crippen LogP contribution in [0.2, 0.25) is 0 Å². The number of benzene rings is 9. The Morgan fingerprint density at radius 1 is 0.417 bits per heavy atom. The van der Waals surface area contributed by atoms with Gasteiger partial charge in [-0.2, -0.15) is 39.2 Å². The first-order valence-electron chi connectivity index (χ1n) is 26.3.